The van der Waals surface area contributed by atoms with Crippen LogP contribution in [0.15, 0.2) is 4.99 Å². The van der Waals surface area contributed by atoms with Crippen molar-refractivity contribution >= 4 is 11.7 Å². The molecule has 1 heterocycles. The van der Waals surface area contributed by atoms with Crippen LogP contribution in [0.4, 0.5) is 0 Å². The average Bonchev–Trinajstić information content (AvgIpc) is 2.72. The van der Waals surface area contributed by atoms with Gasteiger partial charge in [-0.2, -0.15) is 0 Å². The standard InChI is InChI=1S/C25H47NO2/c1-4-7-9-11-13-16-20-25(24(27)28-6-3,23-19-15-18-22-26-23)21-17-14-12-10-8-5-2/h4-22H2,1-3H3. The number of esters is 1. The number of carbonyl (C=O) groups excluding carboxylic acids is 1. The van der Waals surface area contributed by atoms with Crippen molar-refractivity contribution in [1.82, 2.24) is 0 Å². The Bertz CT molecular complexity index is 414. The first-order chi connectivity index (χ1) is 13.7. The second kappa shape index (κ2) is 16.0. The van der Waals surface area contributed by atoms with Crippen LogP contribution in [0.2, 0.25) is 0 Å². The SMILES string of the molecule is CCCCCCCCC(CCCCCCCC)(C(=O)OCC)C1=NCCCC1. The molecular weight excluding hydrogens is 346 g/mol. The van der Waals surface area contributed by atoms with Crippen LogP contribution in [0.5, 0.6) is 0 Å². The highest BCUT2D eigenvalue weighted by molar-refractivity contribution is 6.07. The zero-order chi connectivity index (χ0) is 20.5. The number of hydrogen-bond donors (Lipinski definition) is 0. The highest BCUT2D eigenvalue weighted by atomic mass is 16.5. The van der Waals surface area contributed by atoms with E-state index in [0.29, 0.717) is 6.61 Å². The van der Waals surface area contributed by atoms with Gasteiger partial charge in [-0.15, -0.1) is 0 Å². The maximum atomic E-state index is 13.2. The van der Waals surface area contributed by atoms with Crippen LogP contribution in [-0.4, -0.2) is 24.8 Å². The summed E-state index contributed by atoms with van der Waals surface area (Å²) >= 11 is 0. The van der Waals surface area contributed by atoms with Gasteiger partial charge in [-0.1, -0.05) is 90.9 Å². The largest absolute Gasteiger partial charge is 0.465 e. The Morgan fingerprint density at radius 3 is 1.82 bits per heavy atom. The molecule has 0 aromatic carbocycles. The highest BCUT2D eigenvalue weighted by Gasteiger charge is 2.43. The highest BCUT2D eigenvalue weighted by Crippen LogP contribution is 2.38. The summed E-state index contributed by atoms with van der Waals surface area (Å²) in [6.07, 6.45) is 20.3. The zero-order valence-electron chi connectivity index (χ0n) is 19.2. The van der Waals surface area contributed by atoms with Crippen LogP contribution in [0.25, 0.3) is 0 Å². The number of nitrogens with zero attached hydrogens (tertiary/aromatic N) is 1. The number of hydrogen-bond acceptors (Lipinski definition) is 3. The Kier molecular flexibility index (Phi) is 14.4. The monoisotopic (exact) mass is 393 g/mol. The minimum Gasteiger partial charge on any atom is -0.465 e. The molecule has 3 nitrogen and oxygen atoms in total. The molecule has 1 rings (SSSR count). The lowest BCUT2D eigenvalue weighted by Crippen LogP contribution is -2.42. The summed E-state index contributed by atoms with van der Waals surface area (Å²) in [4.78, 5) is 18.1. The molecule has 164 valence electrons. The second-order valence-electron chi connectivity index (χ2n) is 8.62. The first-order valence-electron chi connectivity index (χ1n) is 12.4. The minimum atomic E-state index is -0.439. The second-order valence-corrected chi connectivity index (χ2v) is 8.62. The third-order valence-electron chi connectivity index (χ3n) is 6.26. The maximum absolute atomic E-state index is 13.2. The van der Waals surface area contributed by atoms with Gasteiger partial charge in [-0.25, -0.2) is 0 Å². The van der Waals surface area contributed by atoms with Gasteiger partial charge in [0.15, 0.2) is 0 Å². The number of aliphatic imine (C=N–C) groups is 1. The quantitative estimate of drug-likeness (QED) is 0.188. The summed E-state index contributed by atoms with van der Waals surface area (Å²) in [5.41, 5.74) is 0.727. The van der Waals surface area contributed by atoms with Crippen molar-refractivity contribution in [3.63, 3.8) is 0 Å². The van der Waals surface area contributed by atoms with Crippen LogP contribution in [0.3, 0.4) is 0 Å². The van der Waals surface area contributed by atoms with Gasteiger partial charge in [0.05, 0.1) is 6.61 Å². The Balaban J connectivity index is 2.76. The molecule has 0 spiro atoms. The van der Waals surface area contributed by atoms with E-state index in [4.69, 9.17) is 9.73 Å². The molecule has 3 heteroatoms. The van der Waals surface area contributed by atoms with Gasteiger partial charge in [0.1, 0.15) is 5.41 Å². The van der Waals surface area contributed by atoms with E-state index >= 15 is 0 Å². The maximum Gasteiger partial charge on any atom is 0.317 e. The van der Waals surface area contributed by atoms with Gasteiger partial charge in [0.25, 0.3) is 0 Å². The normalized spacial score (nSPS) is 14.8. The molecule has 0 bridgehead atoms. The lowest BCUT2D eigenvalue weighted by molar-refractivity contribution is -0.152. The summed E-state index contributed by atoms with van der Waals surface area (Å²) in [7, 11) is 0. The fourth-order valence-corrected chi connectivity index (χ4v) is 4.51. The zero-order valence-corrected chi connectivity index (χ0v) is 19.2. The van der Waals surface area contributed by atoms with Crippen molar-refractivity contribution < 1.29 is 9.53 Å². The predicted molar refractivity (Wildman–Crippen MR) is 121 cm³/mol. The van der Waals surface area contributed by atoms with E-state index in [0.717, 1.165) is 45.1 Å². The smallest absolute Gasteiger partial charge is 0.317 e. The lowest BCUT2D eigenvalue weighted by atomic mass is 9.71. The molecular formula is C25H47NO2. The van der Waals surface area contributed by atoms with Crippen molar-refractivity contribution in [2.24, 2.45) is 10.4 Å². The average molecular weight is 394 g/mol. The fourth-order valence-electron chi connectivity index (χ4n) is 4.51. The van der Waals surface area contributed by atoms with Gasteiger partial charge in [0.2, 0.25) is 0 Å². The molecule has 28 heavy (non-hydrogen) atoms. The number of ether oxygens (including phenoxy) is 1. The van der Waals surface area contributed by atoms with Gasteiger partial charge in [0, 0.05) is 12.3 Å². The molecule has 0 saturated carbocycles. The number of rotatable bonds is 17. The predicted octanol–water partition coefficient (Wildman–Crippen LogP) is 7.66. The molecule has 0 aromatic heterocycles. The fraction of sp³-hybridized carbons (Fsp3) is 0.920. The van der Waals surface area contributed by atoms with E-state index in [2.05, 4.69) is 13.8 Å². The first kappa shape index (κ1) is 25.2. The number of unbranched alkanes of at least 4 members (excludes halogenated alkanes) is 10. The van der Waals surface area contributed by atoms with Crippen molar-refractivity contribution in [3.05, 3.63) is 0 Å². The Morgan fingerprint density at radius 2 is 1.36 bits per heavy atom. The Hall–Kier alpha value is -0.860. The molecule has 0 radical (unpaired) electrons. The summed E-state index contributed by atoms with van der Waals surface area (Å²) in [6, 6.07) is 0. The molecule has 0 amide bonds. The van der Waals surface area contributed by atoms with Crippen LogP contribution in [-0.2, 0) is 9.53 Å². The van der Waals surface area contributed by atoms with Crippen molar-refractivity contribution in [2.45, 2.75) is 130 Å². The van der Waals surface area contributed by atoms with E-state index in [9.17, 15) is 4.79 Å². The molecule has 1 aliphatic rings. The summed E-state index contributed by atoms with van der Waals surface area (Å²) < 4.78 is 5.63. The van der Waals surface area contributed by atoms with Crippen LogP contribution >= 0.6 is 0 Å². The summed E-state index contributed by atoms with van der Waals surface area (Å²) in [6.45, 7) is 7.81. The van der Waals surface area contributed by atoms with E-state index in [1.54, 1.807) is 0 Å². The van der Waals surface area contributed by atoms with E-state index in [-0.39, 0.29) is 5.97 Å². The van der Waals surface area contributed by atoms with Crippen molar-refractivity contribution in [3.8, 4) is 0 Å². The van der Waals surface area contributed by atoms with E-state index in [1.165, 1.54) is 76.3 Å². The van der Waals surface area contributed by atoms with E-state index in [1.807, 2.05) is 6.92 Å². The van der Waals surface area contributed by atoms with Gasteiger partial charge in [-0.3, -0.25) is 9.79 Å². The van der Waals surface area contributed by atoms with Crippen LogP contribution in [0.1, 0.15) is 130 Å². The van der Waals surface area contributed by atoms with Crippen molar-refractivity contribution in [1.29, 1.82) is 0 Å². The molecule has 0 aromatic rings. The van der Waals surface area contributed by atoms with Gasteiger partial charge in [-0.05, 0) is 39.0 Å². The Morgan fingerprint density at radius 1 is 0.821 bits per heavy atom. The third-order valence-corrected chi connectivity index (χ3v) is 6.26. The molecule has 0 saturated heterocycles. The summed E-state index contributed by atoms with van der Waals surface area (Å²) in [5, 5.41) is 0. The third kappa shape index (κ3) is 9.09. The van der Waals surface area contributed by atoms with Crippen LogP contribution < -0.4 is 0 Å². The summed E-state index contributed by atoms with van der Waals surface area (Å²) in [5.74, 6) is 0.0118. The molecule has 1 aliphatic heterocycles. The molecule has 0 fully saturated rings. The van der Waals surface area contributed by atoms with Gasteiger partial charge >= 0.3 is 5.97 Å². The molecule has 0 unspecified atom stereocenters. The number of carbonyl (C=O) groups is 1. The lowest BCUT2D eigenvalue weighted by Gasteiger charge is -2.35. The molecule has 0 N–H and O–H groups in total. The minimum absolute atomic E-state index is 0.0118. The molecule has 0 aliphatic carbocycles. The topological polar surface area (TPSA) is 38.7 Å². The first-order valence-corrected chi connectivity index (χ1v) is 12.4. The van der Waals surface area contributed by atoms with E-state index < -0.39 is 5.41 Å². The van der Waals surface area contributed by atoms with Gasteiger partial charge < -0.3 is 4.74 Å². The van der Waals surface area contributed by atoms with Crippen molar-refractivity contribution in [2.75, 3.05) is 13.2 Å². The molecule has 0 atom stereocenters. The van der Waals surface area contributed by atoms with Crippen LogP contribution in [0, 0.1) is 5.41 Å². The Labute approximate surface area is 175 Å².